The van der Waals surface area contributed by atoms with Crippen molar-refractivity contribution in [3.63, 3.8) is 0 Å². The molecule has 0 aliphatic carbocycles. The average molecular weight is 380 g/mol. The van der Waals surface area contributed by atoms with E-state index in [1.54, 1.807) is 0 Å². The van der Waals surface area contributed by atoms with Crippen molar-refractivity contribution in [2.75, 3.05) is 5.32 Å². The minimum Gasteiger partial charge on any atom is -0.353 e. The predicted molar refractivity (Wildman–Crippen MR) is 121 cm³/mol. The highest BCUT2D eigenvalue weighted by atomic mass is 32.2. The summed E-state index contributed by atoms with van der Waals surface area (Å²) in [6.07, 6.45) is 0. The van der Waals surface area contributed by atoms with Crippen LogP contribution < -0.4 is 5.32 Å². The number of rotatable bonds is 2. The van der Waals surface area contributed by atoms with E-state index in [0.717, 1.165) is 0 Å². The molecule has 0 saturated carbocycles. The zero-order valence-corrected chi connectivity index (χ0v) is 16.8. The van der Waals surface area contributed by atoms with Crippen LogP contribution in [0.2, 0.25) is 0 Å². The van der Waals surface area contributed by atoms with Crippen molar-refractivity contribution in [1.82, 2.24) is 0 Å². The zero-order chi connectivity index (χ0) is 19.1. The highest BCUT2D eigenvalue weighted by Gasteiger charge is 2.23. The lowest BCUT2D eigenvalue weighted by Crippen LogP contribution is -2.03. The van der Waals surface area contributed by atoms with Crippen molar-refractivity contribution in [2.45, 2.75) is 23.6 Å². The highest BCUT2D eigenvalue weighted by molar-refractivity contribution is 7.99. The van der Waals surface area contributed by atoms with E-state index in [-0.39, 0.29) is 0 Å². The first-order valence-electron chi connectivity index (χ1n) is 9.55. The first kappa shape index (κ1) is 17.2. The van der Waals surface area contributed by atoms with Gasteiger partial charge in [0.25, 0.3) is 0 Å². The Balaban J connectivity index is 1.81. The van der Waals surface area contributed by atoms with Crippen molar-refractivity contribution in [2.24, 2.45) is 0 Å². The average Bonchev–Trinajstić information content (AvgIpc) is 2.72. The second-order valence-electron chi connectivity index (χ2n) is 7.21. The molecule has 1 heterocycles. The van der Waals surface area contributed by atoms with E-state index in [1.165, 1.54) is 54.5 Å². The van der Waals surface area contributed by atoms with Crippen LogP contribution in [0.5, 0.6) is 0 Å². The van der Waals surface area contributed by atoms with Crippen LogP contribution in [0.1, 0.15) is 11.1 Å². The molecule has 1 aliphatic rings. The molecule has 1 aliphatic heterocycles. The quantitative estimate of drug-likeness (QED) is 0.335. The Kier molecular flexibility index (Phi) is 4.22. The number of fused-ring (bicyclic) bond motifs is 2. The molecule has 1 nitrogen and oxygen atoms in total. The molecule has 5 rings (SSSR count). The summed E-state index contributed by atoms with van der Waals surface area (Å²) in [6.45, 7) is 4.38. The lowest BCUT2D eigenvalue weighted by Gasteiger charge is -2.26. The van der Waals surface area contributed by atoms with Gasteiger partial charge in [0.1, 0.15) is 0 Å². The van der Waals surface area contributed by atoms with Crippen molar-refractivity contribution < 1.29 is 0 Å². The highest BCUT2D eigenvalue weighted by Crippen LogP contribution is 2.51. The van der Waals surface area contributed by atoms with Gasteiger partial charge in [-0.25, -0.2) is 0 Å². The van der Waals surface area contributed by atoms with Gasteiger partial charge < -0.3 is 5.32 Å². The standard InChI is InChI=1S/C26H21NS/c1-17-9-3-5-11-19(17)21-15-16-24-26(25(21)20-12-6-4-10-18(20)2)27-22-13-7-8-14-23(22)28-24/h3-16,27H,1-2H3. The molecule has 4 aromatic carbocycles. The number of hydrogen-bond acceptors (Lipinski definition) is 2. The Bertz CT molecular complexity index is 1190. The van der Waals surface area contributed by atoms with Gasteiger partial charge in [-0.3, -0.25) is 0 Å². The van der Waals surface area contributed by atoms with E-state index >= 15 is 0 Å². The summed E-state index contributed by atoms with van der Waals surface area (Å²) < 4.78 is 0. The lowest BCUT2D eigenvalue weighted by atomic mass is 9.89. The molecule has 0 aromatic heterocycles. The first-order chi connectivity index (χ1) is 13.7. The topological polar surface area (TPSA) is 12.0 Å². The molecule has 0 unspecified atom stereocenters. The van der Waals surface area contributed by atoms with Gasteiger partial charge in [-0.2, -0.15) is 0 Å². The van der Waals surface area contributed by atoms with E-state index < -0.39 is 0 Å². The molecule has 0 spiro atoms. The number of nitrogens with one attached hydrogen (secondary N) is 1. The molecular weight excluding hydrogens is 358 g/mol. The summed E-state index contributed by atoms with van der Waals surface area (Å²) in [7, 11) is 0. The van der Waals surface area contributed by atoms with Crippen LogP contribution in [0.25, 0.3) is 22.3 Å². The monoisotopic (exact) mass is 379 g/mol. The largest absolute Gasteiger partial charge is 0.353 e. The summed E-state index contributed by atoms with van der Waals surface area (Å²) in [5.74, 6) is 0. The van der Waals surface area contributed by atoms with Gasteiger partial charge in [0.2, 0.25) is 0 Å². The van der Waals surface area contributed by atoms with Gasteiger partial charge in [-0.15, -0.1) is 0 Å². The molecule has 4 aromatic rings. The van der Waals surface area contributed by atoms with Gasteiger partial charge in [0.15, 0.2) is 0 Å². The molecule has 0 radical (unpaired) electrons. The summed E-state index contributed by atoms with van der Waals surface area (Å²) in [5.41, 5.74) is 10.1. The fraction of sp³-hybridized carbons (Fsp3) is 0.0769. The van der Waals surface area contributed by atoms with Gasteiger partial charge >= 0.3 is 0 Å². The van der Waals surface area contributed by atoms with E-state index in [4.69, 9.17) is 0 Å². The van der Waals surface area contributed by atoms with Crippen molar-refractivity contribution in [3.05, 3.63) is 96.1 Å². The van der Waals surface area contributed by atoms with E-state index in [0.29, 0.717) is 0 Å². The summed E-state index contributed by atoms with van der Waals surface area (Å²) in [4.78, 5) is 2.55. The fourth-order valence-corrected chi connectivity index (χ4v) is 4.94. The molecule has 0 bridgehead atoms. The number of anilines is 2. The van der Waals surface area contributed by atoms with Crippen LogP contribution in [-0.2, 0) is 0 Å². The maximum Gasteiger partial charge on any atom is 0.0612 e. The van der Waals surface area contributed by atoms with Crippen LogP contribution >= 0.6 is 11.8 Å². The Morgan fingerprint density at radius 1 is 0.571 bits per heavy atom. The Morgan fingerprint density at radius 3 is 1.96 bits per heavy atom. The third-order valence-corrected chi connectivity index (χ3v) is 6.52. The maximum atomic E-state index is 3.74. The second kappa shape index (κ2) is 6.88. The minimum absolute atomic E-state index is 1.18. The zero-order valence-electron chi connectivity index (χ0n) is 16.0. The Hall–Kier alpha value is -2.97. The molecule has 0 atom stereocenters. The van der Waals surface area contributed by atoms with Crippen LogP contribution in [0.15, 0.2) is 94.7 Å². The van der Waals surface area contributed by atoms with Crippen LogP contribution in [0.4, 0.5) is 11.4 Å². The number of hydrogen-bond donors (Lipinski definition) is 1. The Labute approximate surface area is 170 Å². The Morgan fingerprint density at radius 2 is 1.21 bits per heavy atom. The van der Waals surface area contributed by atoms with E-state index in [1.807, 2.05) is 11.8 Å². The number of para-hydroxylation sites is 1. The van der Waals surface area contributed by atoms with Gasteiger partial charge in [0.05, 0.1) is 11.4 Å². The third kappa shape index (κ3) is 2.81. The third-order valence-electron chi connectivity index (χ3n) is 5.38. The maximum absolute atomic E-state index is 3.74. The molecule has 0 amide bonds. The second-order valence-corrected chi connectivity index (χ2v) is 8.30. The summed E-state index contributed by atoms with van der Waals surface area (Å²) in [5, 5.41) is 3.74. The molecule has 2 heteroatoms. The normalized spacial score (nSPS) is 12.1. The van der Waals surface area contributed by atoms with Crippen LogP contribution in [0, 0.1) is 13.8 Å². The summed E-state index contributed by atoms with van der Waals surface area (Å²) >= 11 is 1.84. The van der Waals surface area contributed by atoms with Gasteiger partial charge in [-0.1, -0.05) is 78.5 Å². The molecule has 28 heavy (non-hydrogen) atoms. The van der Waals surface area contributed by atoms with E-state index in [9.17, 15) is 0 Å². The number of benzene rings is 4. The SMILES string of the molecule is Cc1ccccc1-c1ccc2c(c1-c1ccccc1C)Nc1ccccc1S2. The van der Waals surface area contributed by atoms with Crippen molar-refractivity contribution in [1.29, 1.82) is 0 Å². The molecule has 0 saturated heterocycles. The molecule has 1 N–H and O–H groups in total. The van der Waals surface area contributed by atoms with Crippen LogP contribution in [-0.4, -0.2) is 0 Å². The van der Waals surface area contributed by atoms with Crippen molar-refractivity contribution >= 4 is 23.1 Å². The molecule has 136 valence electrons. The molecule has 0 fully saturated rings. The van der Waals surface area contributed by atoms with Crippen LogP contribution in [0.3, 0.4) is 0 Å². The van der Waals surface area contributed by atoms with E-state index in [2.05, 4.69) is 104 Å². The predicted octanol–water partition coefficient (Wildman–Crippen LogP) is 7.85. The van der Waals surface area contributed by atoms with Gasteiger partial charge in [0, 0.05) is 15.4 Å². The van der Waals surface area contributed by atoms with Crippen molar-refractivity contribution in [3.8, 4) is 22.3 Å². The smallest absolute Gasteiger partial charge is 0.0612 e. The summed E-state index contributed by atoms with van der Waals surface area (Å²) in [6, 6.07) is 30.4. The minimum atomic E-state index is 1.18. The fourth-order valence-electron chi connectivity index (χ4n) is 3.94. The van der Waals surface area contributed by atoms with Gasteiger partial charge in [-0.05, 0) is 59.9 Å². The number of aryl methyl sites for hydroxylation is 2. The lowest BCUT2D eigenvalue weighted by molar-refractivity contribution is 1.31. The first-order valence-corrected chi connectivity index (χ1v) is 10.4. The molecular formula is C26H21NS.